The minimum absolute atomic E-state index is 0.105. The fourth-order valence-corrected chi connectivity index (χ4v) is 2.14. The van der Waals surface area contributed by atoms with E-state index in [1.807, 2.05) is 20.8 Å². The molecule has 1 aliphatic heterocycles. The Morgan fingerprint density at radius 3 is 2.05 bits per heavy atom. The standard InChI is InChI=1S/C15H18N2O3/c1-15(2,3)16-12(18)8-9-17-13(19)10-6-4-5-7-11(10)14(17)20/h4-7H,8-9H2,1-3H3,(H,16,18). The van der Waals surface area contributed by atoms with Crippen molar-refractivity contribution in [2.24, 2.45) is 0 Å². The van der Waals surface area contributed by atoms with E-state index in [2.05, 4.69) is 5.32 Å². The molecule has 0 saturated heterocycles. The van der Waals surface area contributed by atoms with Crippen molar-refractivity contribution in [2.75, 3.05) is 6.54 Å². The molecule has 0 atom stereocenters. The first kappa shape index (κ1) is 14.2. The quantitative estimate of drug-likeness (QED) is 0.851. The van der Waals surface area contributed by atoms with Crippen molar-refractivity contribution < 1.29 is 14.4 Å². The first-order chi connectivity index (χ1) is 9.29. The van der Waals surface area contributed by atoms with Crippen LogP contribution in [0.3, 0.4) is 0 Å². The SMILES string of the molecule is CC(C)(C)NC(=O)CCN1C(=O)c2ccccc2C1=O. The van der Waals surface area contributed by atoms with Crippen LogP contribution in [0, 0.1) is 0 Å². The molecule has 106 valence electrons. The van der Waals surface area contributed by atoms with Gasteiger partial charge < -0.3 is 5.32 Å². The highest BCUT2D eigenvalue weighted by Gasteiger charge is 2.35. The van der Waals surface area contributed by atoms with Crippen molar-refractivity contribution in [2.45, 2.75) is 32.7 Å². The number of carbonyl (C=O) groups excluding carboxylic acids is 3. The molecule has 0 aromatic heterocycles. The average molecular weight is 274 g/mol. The molecule has 0 bridgehead atoms. The van der Waals surface area contributed by atoms with Gasteiger partial charge in [-0.1, -0.05) is 12.1 Å². The van der Waals surface area contributed by atoms with Gasteiger partial charge in [0.2, 0.25) is 5.91 Å². The van der Waals surface area contributed by atoms with Crippen molar-refractivity contribution >= 4 is 17.7 Å². The fourth-order valence-electron chi connectivity index (χ4n) is 2.14. The lowest BCUT2D eigenvalue weighted by molar-refractivity contribution is -0.122. The third kappa shape index (κ3) is 2.87. The zero-order valence-electron chi connectivity index (χ0n) is 11.9. The zero-order chi connectivity index (χ0) is 14.9. The lowest BCUT2D eigenvalue weighted by Crippen LogP contribution is -2.42. The Labute approximate surface area is 118 Å². The minimum atomic E-state index is -0.325. The number of amides is 3. The topological polar surface area (TPSA) is 66.5 Å². The van der Waals surface area contributed by atoms with Crippen LogP contribution in [0.1, 0.15) is 47.9 Å². The summed E-state index contributed by atoms with van der Waals surface area (Å²) in [7, 11) is 0. The molecule has 0 saturated carbocycles. The van der Waals surface area contributed by atoms with Gasteiger partial charge in [-0.2, -0.15) is 0 Å². The smallest absolute Gasteiger partial charge is 0.261 e. The number of hydrogen-bond acceptors (Lipinski definition) is 3. The number of benzene rings is 1. The number of imide groups is 1. The maximum atomic E-state index is 12.1. The summed E-state index contributed by atoms with van der Waals surface area (Å²) in [6.45, 7) is 5.75. The molecule has 0 radical (unpaired) electrons. The van der Waals surface area contributed by atoms with Gasteiger partial charge in [-0.3, -0.25) is 19.3 Å². The number of nitrogens with zero attached hydrogens (tertiary/aromatic N) is 1. The predicted octanol–water partition coefficient (Wildman–Crippen LogP) is 1.59. The Hall–Kier alpha value is -2.17. The number of nitrogens with one attached hydrogen (secondary N) is 1. The molecule has 0 aliphatic carbocycles. The lowest BCUT2D eigenvalue weighted by atomic mass is 10.1. The second-order valence-electron chi connectivity index (χ2n) is 5.86. The van der Waals surface area contributed by atoms with E-state index in [9.17, 15) is 14.4 Å². The summed E-state index contributed by atoms with van der Waals surface area (Å²) in [5.74, 6) is -0.822. The third-order valence-corrected chi connectivity index (χ3v) is 2.96. The van der Waals surface area contributed by atoms with Crippen molar-refractivity contribution in [3.63, 3.8) is 0 Å². The molecule has 20 heavy (non-hydrogen) atoms. The maximum Gasteiger partial charge on any atom is 0.261 e. The van der Waals surface area contributed by atoms with Gasteiger partial charge in [0, 0.05) is 18.5 Å². The van der Waals surface area contributed by atoms with E-state index in [0.29, 0.717) is 11.1 Å². The highest BCUT2D eigenvalue weighted by molar-refractivity contribution is 6.21. The van der Waals surface area contributed by atoms with Crippen LogP contribution < -0.4 is 5.32 Å². The van der Waals surface area contributed by atoms with Crippen LogP contribution in [-0.2, 0) is 4.79 Å². The van der Waals surface area contributed by atoms with Crippen LogP contribution in [0.15, 0.2) is 24.3 Å². The predicted molar refractivity (Wildman–Crippen MR) is 74.3 cm³/mol. The van der Waals surface area contributed by atoms with Gasteiger partial charge in [-0.05, 0) is 32.9 Å². The fraction of sp³-hybridized carbons (Fsp3) is 0.400. The summed E-state index contributed by atoms with van der Waals surface area (Å²) < 4.78 is 0. The molecule has 1 heterocycles. The Balaban J connectivity index is 2.01. The second kappa shape index (κ2) is 5.07. The summed E-state index contributed by atoms with van der Waals surface area (Å²) in [5.41, 5.74) is 0.501. The van der Waals surface area contributed by atoms with E-state index >= 15 is 0 Å². The second-order valence-corrected chi connectivity index (χ2v) is 5.86. The van der Waals surface area contributed by atoms with Gasteiger partial charge in [-0.15, -0.1) is 0 Å². The Morgan fingerprint density at radius 2 is 1.60 bits per heavy atom. The summed E-state index contributed by atoms with van der Waals surface area (Å²) in [6.07, 6.45) is 0.114. The number of rotatable bonds is 3. The van der Waals surface area contributed by atoms with Crippen LogP contribution in [-0.4, -0.2) is 34.7 Å². The van der Waals surface area contributed by atoms with Crippen LogP contribution in [0.5, 0.6) is 0 Å². The van der Waals surface area contributed by atoms with Gasteiger partial charge >= 0.3 is 0 Å². The monoisotopic (exact) mass is 274 g/mol. The molecule has 3 amide bonds. The number of fused-ring (bicyclic) bond motifs is 1. The molecule has 0 fully saturated rings. The van der Waals surface area contributed by atoms with E-state index in [4.69, 9.17) is 0 Å². The van der Waals surface area contributed by atoms with Crippen LogP contribution in [0.25, 0.3) is 0 Å². The molecular weight excluding hydrogens is 256 g/mol. The summed E-state index contributed by atoms with van der Waals surface area (Å²) in [6, 6.07) is 6.70. The lowest BCUT2D eigenvalue weighted by Gasteiger charge is -2.21. The molecule has 1 aromatic carbocycles. The van der Waals surface area contributed by atoms with Gasteiger partial charge in [-0.25, -0.2) is 0 Å². The normalized spacial score (nSPS) is 14.4. The van der Waals surface area contributed by atoms with Gasteiger partial charge in [0.15, 0.2) is 0 Å². The van der Waals surface area contributed by atoms with Crippen LogP contribution in [0.2, 0.25) is 0 Å². The molecule has 5 nitrogen and oxygen atoms in total. The summed E-state index contributed by atoms with van der Waals surface area (Å²) in [5, 5.41) is 2.81. The highest BCUT2D eigenvalue weighted by atomic mass is 16.2. The molecule has 1 aliphatic rings. The van der Waals surface area contributed by atoms with E-state index in [1.165, 1.54) is 0 Å². The van der Waals surface area contributed by atoms with Crippen molar-refractivity contribution in [1.82, 2.24) is 10.2 Å². The van der Waals surface area contributed by atoms with Crippen LogP contribution >= 0.6 is 0 Å². The van der Waals surface area contributed by atoms with Crippen molar-refractivity contribution in [3.05, 3.63) is 35.4 Å². The highest BCUT2D eigenvalue weighted by Crippen LogP contribution is 2.22. The van der Waals surface area contributed by atoms with Crippen molar-refractivity contribution in [1.29, 1.82) is 0 Å². The number of hydrogen-bond donors (Lipinski definition) is 1. The van der Waals surface area contributed by atoms with E-state index in [0.717, 1.165) is 4.90 Å². The molecule has 1 aromatic rings. The first-order valence-electron chi connectivity index (χ1n) is 6.56. The molecule has 0 spiro atoms. The zero-order valence-corrected chi connectivity index (χ0v) is 11.9. The van der Waals surface area contributed by atoms with Crippen molar-refractivity contribution in [3.8, 4) is 0 Å². The molecule has 1 N–H and O–H groups in total. The Morgan fingerprint density at radius 1 is 1.10 bits per heavy atom. The Kier molecular flexibility index (Phi) is 3.61. The van der Waals surface area contributed by atoms with Crippen LogP contribution in [0.4, 0.5) is 0 Å². The van der Waals surface area contributed by atoms with Gasteiger partial charge in [0.05, 0.1) is 11.1 Å². The van der Waals surface area contributed by atoms with E-state index in [1.54, 1.807) is 24.3 Å². The van der Waals surface area contributed by atoms with Gasteiger partial charge in [0.1, 0.15) is 0 Å². The summed E-state index contributed by atoms with van der Waals surface area (Å²) >= 11 is 0. The maximum absolute atomic E-state index is 12.1. The first-order valence-corrected chi connectivity index (χ1v) is 6.56. The van der Waals surface area contributed by atoms with Gasteiger partial charge in [0.25, 0.3) is 11.8 Å². The summed E-state index contributed by atoms with van der Waals surface area (Å²) in [4.78, 5) is 37.0. The molecule has 0 unspecified atom stereocenters. The molecule has 2 rings (SSSR count). The third-order valence-electron chi connectivity index (χ3n) is 2.96. The van der Waals surface area contributed by atoms with E-state index in [-0.39, 0.29) is 36.2 Å². The largest absolute Gasteiger partial charge is 0.351 e. The molecular formula is C15H18N2O3. The molecule has 5 heteroatoms. The van der Waals surface area contributed by atoms with E-state index < -0.39 is 0 Å². The number of carbonyl (C=O) groups is 3. The minimum Gasteiger partial charge on any atom is -0.351 e. The average Bonchev–Trinajstić information content (AvgIpc) is 2.59. The Bertz CT molecular complexity index is 538.